The zero-order chi connectivity index (χ0) is 15.4. The second-order valence-electron chi connectivity index (χ2n) is 4.71. The van der Waals surface area contributed by atoms with Gasteiger partial charge in [-0.05, 0) is 32.0 Å². The Kier molecular flexibility index (Phi) is 4.39. The summed E-state index contributed by atoms with van der Waals surface area (Å²) in [6.07, 6.45) is 1.73. The number of aromatic nitrogens is 1. The molecule has 0 fully saturated rings. The van der Waals surface area contributed by atoms with Crippen molar-refractivity contribution in [3.63, 3.8) is 0 Å². The lowest BCUT2D eigenvalue weighted by molar-refractivity contribution is 0.407. The molecule has 21 heavy (non-hydrogen) atoms. The molecule has 0 bridgehead atoms. The van der Waals surface area contributed by atoms with Crippen molar-refractivity contribution in [2.24, 2.45) is 0 Å². The minimum atomic E-state index is -0.453. The molecule has 0 aliphatic carbocycles. The summed E-state index contributed by atoms with van der Waals surface area (Å²) in [5.41, 5.74) is 3.32. The fraction of sp³-hybridized carbons (Fsp3) is 0.250. The highest BCUT2D eigenvalue weighted by Crippen LogP contribution is 2.25. The number of benzene rings is 1. The number of hydrogen-bond donors (Lipinski definition) is 1. The highest BCUT2D eigenvalue weighted by Gasteiger charge is 2.10. The van der Waals surface area contributed by atoms with Crippen molar-refractivity contribution in [3.8, 4) is 11.8 Å². The van der Waals surface area contributed by atoms with Crippen LogP contribution in [0.2, 0.25) is 0 Å². The lowest BCUT2D eigenvalue weighted by Crippen LogP contribution is -2.07. The molecule has 1 aromatic carbocycles. The van der Waals surface area contributed by atoms with Crippen molar-refractivity contribution in [2.75, 3.05) is 12.4 Å². The number of nitrogens with one attached hydrogen (secondary N) is 1. The average Bonchev–Trinajstić information content (AvgIpc) is 2.48. The Morgan fingerprint density at radius 1 is 1.38 bits per heavy atom. The lowest BCUT2D eigenvalue weighted by atomic mass is 10.1. The van der Waals surface area contributed by atoms with E-state index in [-0.39, 0.29) is 0 Å². The Bertz CT molecular complexity index is 707. The van der Waals surface area contributed by atoms with Gasteiger partial charge in [-0.3, -0.25) is 4.98 Å². The Balaban J connectivity index is 2.19. The molecule has 1 N–H and O–H groups in total. The smallest absolute Gasteiger partial charge is 0.147 e. The highest BCUT2D eigenvalue weighted by atomic mass is 19.1. The number of methoxy groups -OCH3 is 1. The van der Waals surface area contributed by atoms with Crippen LogP contribution in [0, 0.1) is 31.0 Å². The molecule has 0 amide bonds. The Morgan fingerprint density at radius 2 is 2.14 bits per heavy atom. The number of rotatable bonds is 4. The lowest BCUT2D eigenvalue weighted by Gasteiger charge is -2.13. The fourth-order valence-electron chi connectivity index (χ4n) is 2.16. The van der Waals surface area contributed by atoms with Gasteiger partial charge in [-0.15, -0.1) is 0 Å². The van der Waals surface area contributed by atoms with Crippen LogP contribution >= 0.6 is 0 Å². The van der Waals surface area contributed by atoms with Crippen LogP contribution in [-0.2, 0) is 6.54 Å². The van der Waals surface area contributed by atoms with E-state index in [4.69, 9.17) is 10.00 Å². The fourth-order valence-corrected chi connectivity index (χ4v) is 2.16. The Labute approximate surface area is 123 Å². The van der Waals surface area contributed by atoms with Crippen LogP contribution in [-0.4, -0.2) is 12.1 Å². The second-order valence-corrected chi connectivity index (χ2v) is 4.71. The molecule has 1 aromatic heterocycles. The van der Waals surface area contributed by atoms with Crippen molar-refractivity contribution < 1.29 is 9.13 Å². The van der Waals surface area contributed by atoms with Crippen molar-refractivity contribution in [1.82, 2.24) is 4.98 Å². The standard InChI is InChI=1S/C16H16FN3O/c1-10-8-19-15(11(2)16(10)21-3)9-20-14-5-4-12(7-18)6-13(14)17/h4-6,8,20H,9H2,1-3H3. The van der Waals surface area contributed by atoms with Gasteiger partial charge in [0, 0.05) is 17.3 Å². The maximum Gasteiger partial charge on any atom is 0.147 e. The van der Waals surface area contributed by atoms with E-state index in [0.717, 1.165) is 22.6 Å². The number of anilines is 1. The van der Waals surface area contributed by atoms with Gasteiger partial charge in [0.15, 0.2) is 0 Å². The quantitative estimate of drug-likeness (QED) is 0.936. The Morgan fingerprint density at radius 3 is 2.76 bits per heavy atom. The van der Waals surface area contributed by atoms with Gasteiger partial charge in [-0.25, -0.2) is 4.39 Å². The van der Waals surface area contributed by atoms with Crippen LogP contribution in [0.25, 0.3) is 0 Å². The number of halogens is 1. The summed E-state index contributed by atoms with van der Waals surface area (Å²) in [7, 11) is 1.62. The number of pyridine rings is 1. The zero-order valence-corrected chi connectivity index (χ0v) is 12.2. The van der Waals surface area contributed by atoms with E-state index in [9.17, 15) is 4.39 Å². The van der Waals surface area contributed by atoms with E-state index in [1.165, 1.54) is 6.07 Å². The molecule has 2 aromatic rings. The van der Waals surface area contributed by atoms with Crippen LogP contribution in [0.5, 0.6) is 5.75 Å². The molecule has 0 aliphatic heterocycles. The van der Waals surface area contributed by atoms with E-state index in [1.807, 2.05) is 19.9 Å². The molecular formula is C16H16FN3O. The molecule has 0 saturated carbocycles. The first-order valence-electron chi connectivity index (χ1n) is 6.49. The average molecular weight is 285 g/mol. The molecule has 0 atom stereocenters. The van der Waals surface area contributed by atoms with Gasteiger partial charge in [-0.1, -0.05) is 0 Å². The first-order chi connectivity index (χ1) is 10.1. The topological polar surface area (TPSA) is 57.9 Å². The number of nitriles is 1. The highest BCUT2D eigenvalue weighted by molar-refractivity contribution is 5.50. The van der Waals surface area contributed by atoms with Crippen LogP contribution in [0.4, 0.5) is 10.1 Å². The maximum atomic E-state index is 13.8. The molecule has 4 nitrogen and oxygen atoms in total. The largest absolute Gasteiger partial charge is 0.496 e. The Hall–Kier alpha value is -2.61. The molecular weight excluding hydrogens is 269 g/mol. The monoisotopic (exact) mass is 285 g/mol. The van der Waals surface area contributed by atoms with Crippen LogP contribution in [0.1, 0.15) is 22.4 Å². The summed E-state index contributed by atoms with van der Waals surface area (Å²) in [6.45, 7) is 4.23. The molecule has 5 heteroatoms. The molecule has 0 aliphatic rings. The van der Waals surface area contributed by atoms with Gasteiger partial charge < -0.3 is 10.1 Å². The number of ether oxygens (including phenoxy) is 1. The zero-order valence-electron chi connectivity index (χ0n) is 12.2. The van der Waals surface area contributed by atoms with Crippen molar-refractivity contribution in [2.45, 2.75) is 20.4 Å². The molecule has 108 valence electrons. The SMILES string of the molecule is COc1c(C)cnc(CNc2ccc(C#N)cc2F)c1C. The first-order valence-corrected chi connectivity index (χ1v) is 6.49. The van der Waals surface area contributed by atoms with Crippen molar-refractivity contribution >= 4 is 5.69 Å². The number of nitrogens with zero attached hydrogens (tertiary/aromatic N) is 2. The van der Waals surface area contributed by atoms with Gasteiger partial charge in [-0.2, -0.15) is 5.26 Å². The van der Waals surface area contributed by atoms with Gasteiger partial charge in [0.05, 0.1) is 36.7 Å². The van der Waals surface area contributed by atoms with E-state index in [2.05, 4.69) is 10.3 Å². The molecule has 0 saturated heterocycles. The van der Waals surface area contributed by atoms with Crippen LogP contribution < -0.4 is 10.1 Å². The third-order valence-corrected chi connectivity index (χ3v) is 3.29. The molecule has 0 radical (unpaired) electrons. The summed E-state index contributed by atoms with van der Waals surface area (Å²) in [5.74, 6) is 0.341. The summed E-state index contributed by atoms with van der Waals surface area (Å²) >= 11 is 0. The van der Waals surface area contributed by atoms with Crippen LogP contribution in [0.3, 0.4) is 0 Å². The van der Waals surface area contributed by atoms with Gasteiger partial charge >= 0.3 is 0 Å². The summed E-state index contributed by atoms with van der Waals surface area (Å²) in [6, 6.07) is 6.23. The summed E-state index contributed by atoms with van der Waals surface area (Å²) in [4.78, 5) is 4.35. The predicted molar refractivity (Wildman–Crippen MR) is 78.7 cm³/mol. The van der Waals surface area contributed by atoms with Crippen molar-refractivity contribution in [3.05, 3.63) is 52.6 Å². The maximum absolute atomic E-state index is 13.8. The molecule has 1 heterocycles. The van der Waals surface area contributed by atoms with E-state index >= 15 is 0 Å². The molecule has 0 spiro atoms. The molecule has 2 rings (SSSR count). The third kappa shape index (κ3) is 3.11. The predicted octanol–water partition coefficient (Wildman–Crippen LogP) is 3.33. The minimum absolute atomic E-state index is 0.296. The number of aryl methyl sites for hydroxylation is 1. The summed E-state index contributed by atoms with van der Waals surface area (Å²) < 4.78 is 19.1. The van der Waals surface area contributed by atoms with Gasteiger partial charge in [0.2, 0.25) is 0 Å². The van der Waals surface area contributed by atoms with E-state index in [1.54, 1.807) is 25.4 Å². The minimum Gasteiger partial charge on any atom is -0.496 e. The normalized spacial score (nSPS) is 10.0. The number of hydrogen-bond acceptors (Lipinski definition) is 4. The molecule has 0 unspecified atom stereocenters. The van der Waals surface area contributed by atoms with Crippen molar-refractivity contribution in [1.29, 1.82) is 5.26 Å². The third-order valence-electron chi connectivity index (χ3n) is 3.29. The summed E-state index contributed by atoms with van der Waals surface area (Å²) in [5, 5.41) is 11.7. The van der Waals surface area contributed by atoms with Crippen LogP contribution in [0.15, 0.2) is 24.4 Å². The van der Waals surface area contributed by atoms with Gasteiger partial charge in [0.25, 0.3) is 0 Å². The first kappa shape index (κ1) is 14.8. The second kappa shape index (κ2) is 6.23. The van der Waals surface area contributed by atoms with E-state index in [0.29, 0.717) is 17.8 Å². The van der Waals surface area contributed by atoms with Gasteiger partial charge in [0.1, 0.15) is 11.6 Å². The van der Waals surface area contributed by atoms with E-state index < -0.39 is 5.82 Å².